The number of carbonyl (C=O) groups excluding carboxylic acids is 3. The third-order valence-corrected chi connectivity index (χ3v) is 21.2. The van der Waals surface area contributed by atoms with E-state index in [-0.39, 0.29) is 12.3 Å². The normalized spacial score (nSPS) is 37.9. The van der Waals surface area contributed by atoms with E-state index in [4.69, 9.17) is 56.8 Å². The van der Waals surface area contributed by atoms with Gasteiger partial charge < -0.3 is 160 Å². The fourth-order valence-electron chi connectivity index (χ4n) is 14.7. The highest BCUT2D eigenvalue weighted by molar-refractivity contribution is 5.76. The van der Waals surface area contributed by atoms with Crippen LogP contribution < -0.4 is 16.0 Å². The Kier molecular flexibility index (Phi) is 43.3. The highest BCUT2D eigenvalue weighted by atomic mass is 16.8. The number of carbonyl (C=O) groups is 3. The van der Waals surface area contributed by atoms with Gasteiger partial charge in [-0.1, -0.05) is 167 Å². The number of nitrogens with one attached hydrogen (secondary N) is 3. The zero-order valence-corrected chi connectivity index (χ0v) is 64.0. The molecule has 0 saturated carbocycles. The Morgan fingerprint density at radius 2 is 0.734 bits per heavy atom. The molecule has 636 valence electrons. The number of ether oxygens (including phenoxy) is 12. The molecule has 3 amide bonds. The molecule has 0 radical (unpaired) electrons. The first kappa shape index (κ1) is 94.8. The van der Waals surface area contributed by atoms with Gasteiger partial charge in [-0.3, -0.25) is 14.4 Å². The SMILES string of the molecule is CCCCCCCCCCCCC/C=C/[C@@H](O)[C@H](CO[C@@H]1OC(CO)[C@@H](O[C@@H]2OC(CO)[C@H](O)[C@H](O[C@@H]3OC(CO)[C@@H](O)[C@H](O[C@@H]4OC(CO)[C@H](O)[C@H](O[C@@H]5OC(CO)[C@@H](O[C@H]6OC(C)[C@@H](O)C(O)[C@@H]6O)[C@H](O)C5NC(C)=O)C4O)C3NC(C)=O)C2O)[C@H](O)C1O)NC(=O)CCCCCCCCCCCCCCC. The van der Waals surface area contributed by atoms with Gasteiger partial charge >= 0.3 is 0 Å². The molecule has 6 heterocycles. The first-order valence-electron chi connectivity index (χ1n) is 39.8. The summed E-state index contributed by atoms with van der Waals surface area (Å²) in [7, 11) is 0. The van der Waals surface area contributed by atoms with Gasteiger partial charge in [-0.05, 0) is 26.2 Å². The first-order chi connectivity index (χ1) is 52.3. The lowest BCUT2D eigenvalue weighted by atomic mass is 9.93. The lowest BCUT2D eigenvalue weighted by molar-refractivity contribution is -0.386. The highest BCUT2D eigenvalue weighted by Crippen LogP contribution is 2.38. The molecule has 0 aliphatic carbocycles. The van der Waals surface area contributed by atoms with Crippen LogP contribution in [0.1, 0.15) is 202 Å². The Balaban J connectivity index is 1.13. The van der Waals surface area contributed by atoms with Crippen molar-refractivity contribution in [3.05, 3.63) is 12.2 Å². The number of unbranched alkanes of at least 4 members (excludes halogenated alkanes) is 23. The van der Waals surface area contributed by atoms with E-state index in [1.165, 1.54) is 103 Å². The standard InChI is InChI=1S/C74H133N3O32/c1-6-8-10-12-14-16-18-20-22-24-26-28-30-32-44(85)43(77-50(86)33-31-29-27-25-23-21-19-17-15-13-11-9-7-2)39-98-71-61(95)59(93)65(49(38-82)104-71)106-73-62(96)68(56(90)46(35-79)101-73)109-70-52(76-42(5)84)66(54(88)45(34-78)100-70)107-74-63(97)67(55(89)47(36-80)102-74)108-69-51(75-41(4)83)57(91)64(48(37-81)103-69)105-72-60(94)58(92)53(87)40(3)99-72/h30,32,40,43-49,51-74,78-82,85,87-97H,6-29,31,33-39H2,1-5H3,(H,75,83)(H,76,84)(H,77,86)/b32-30+/t40?,43-,44+,45?,46?,47?,48?,49?,51?,52?,53+,54+,55-,56-,57+,58?,59+,60-,61?,62?,63?,64+,65+,66+,67-,68-,69-,70-,71+,72+,73-,74-/m0/s1. The number of hydrogen-bond acceptors (Lipinski definition) is 32. The minimum absolute atomic E-state index is 0.174. The Morgan fingerprint density at radius 3 is 1.19 bits per heavy atom. The van der Waals surface area contributed by atoms with Crippen molar-refractivity contribution in [2.24, 2.45) is 0 Å². The van der Waals surface area contributed by atoms with Crippen LogP contribution in [0.25, 0.3) is 0 Å². The molecule has 20 N–H and O–H groups in total. The largest absolute Gasteiger partial charge is 0.394 e. The molecule has 6 aliphatic heterocycles. The zero-order valence-electron chi connectivity index (χ0n) is 64.0. The summed E-state index contributed by atoms with van der Waals surface area (Å²) < 4.78 is 71.2. The van der Waals surface area contributed by atoms with E-state index in [9.17, 15) is 101 Å². The summed E-state index contributed by atoms with van der Waals surface area (Å²) in [5.74, 6) is -2.04. The number of aliphatic hydroxyl groups excluding tert-OH is 17. The summed E-state index contributed by atoms with van der Waals surface area (Å²) in [6.45, 7) is 2.35. The van der Waals surface area contributed by atoms with Crippen molar-refractivity contribution in [2.75, 3.05) is 39.6 Å². The van der Waals surface area contributed by atoms with Gasteiger partial charge in [-0.25, -0.2) is 0 Å². The van der Waals surface area contributed by atoms with Crippen molar-refractivity contribution in [3.8, 4) is 0 Å². The minimum atomic E-state index is -2.26. The van der Waals surface area contributed by atoms with Gasteiger partial charge in [0.1, 0.15) is 140 Å². The Bertz CT molecular complexity index is 2540. The molecular weight excluding hydrogens is 1440 g/mol. The monoisotopic (exact) mass is 1580 g/mol. The fourth-order valence-corrected chi connectivity index (χ4v) is 14.7. The van der Waals surface area contributed by atoms with E-state index in [2.05, 4.69) is 29.8 Å². The Morgan fingerprint density at radius 1 is 0.376 bits per heavy atom. The predicted molar refractivity (Wildman–Crippen MR) is 383 cm³/mol. The van der Waals surface area contributed by atoms with Gasteiger partial charge in [0.2, 0.25) is 17.7 Å². The van der Waals surface area contributed by atoms with Crippen molar-refractivity contribution in [1.29, 1.82) is 0 Å². The summed E-state index contributed by atoms with van der Waals surface area (Å²) in [5, 5.41) is 198. The Labute approximate surface area is 639 Å². The summed E-state index contributed by atoms with van der Waals surface area (Å²) in [5.41, 5.74) is 0. The molecule has 35 nitrogen and oxygen atoms in total. The van der Waals surface area contributed by atoms with E-state index in [1.807, 2.05) is 6.08 Å². The second-order valence-corrected chi connectivity index (χ2v) is 29.9. The summed E-state index contributed by atoms with van der Waals surface area (Å²) in [6.07, 6.45) is -22.2. The van der Waals surface area contributed by atoms with Crippen LogP contribution in [-0.4, -0.2) is 340 Å². The molecule has 0 aromatic rings. The smallest absolute Gasteiger partial charge is 0.220 e. The average molecular weight is 1580 g/mol. The molecule has 6 fully saturated rings. The van der Waals surface area contributed by atoms with Crippen molar-refractivity contribution in [2.45, 2.75) is 398 Å². The van der Waals surface area contributed by atoms with Crippen LogP contribution in [0.3, 0.4) is 0 Å². The van der Waals surface area contributed by atoms with Crippen LogP contribution in [-0.2, 0) is 71.2 Å². The van der Waals surface area contributed by atoms with E-state index in [0.717, 1.165) is 65.2 Å². The van der Waals surface area contributed by atoms with Crippen LogP contribution in [0, 0.1) is 0 Å². The maximum Gasteiger partial charge on any atom is 0.220 e. The third kappa shape index (κ3) is 28.4. The number of aliphatic hydroxyl groups is 17. The topological polar surface area (TPSA) is 542 Å². The average Bonchev–Trinajstić information content (AvgIpc) is 0.770. The lowest BCUT2D eigenvalue weighted by Crippen LogP contribution is -2.71. The van der Waals surface area contributed by atoms with E-state index in [0.29, 0.717) is 12.8 Å². The van der Waals surface area contributed by atoms with Crippen LogP contribution in [0.5, 0.6) is 0 Å². The molecule has 32 atom stereocenters. The van der Waals surface area contributed by atoms with Crippen LogP contribution >= 0.6 is 0 Å². The second kappa shape index (κ2) is 49.8. The van der Waals surface area contributed by atoms with Crippen molar-refractivity contribution < 1.29 is 158 Å². The van der Waals surface area contributed by atoms with Crippen LogP contribution in [0.4, 0.5) is 0 Å². The Hall–Kier alpha value is -3.01. The molecule has 0 bridgehead atoms. The molecule has 6 saturated heterocycles. The molecule has 35 heteroatoms. The van der Waals surface area contributed by atoms with Crippen molar-refractivity contribution >= 4 is 17.7 Å². The number of hydrogen-bond donors (Lipinski definition) is 20. The number of allylic oxidation sites excluding steroid dienone is 1. The van der Waals surface area contributed by atoms with Gasteiger partial charge in [0.05, 0.1) is 57.9 Å². The minimum Gasteiger partial charge on any atom is -0.394 e. The molecule has 12 unspecified atom stereocenters. The molecule has 109 heavy (non-hydrogen) atoms. The molecule has 6 rings (SSSR count). The first-order valence-corrected chi connectivity index (χ1v) is 39.8. The van der Waals surface area contributed by atoms with Crippen LogP contribution in [0.15, 0.2) is 12.2 Å². The van der Waals surface area contributed by atoms with Gasteiger partial charge in [0.15, 0.2) is 37.7 Å². The lowest BCUT2D eigenvalue weighted by Gasteiger charge is -2.51. The predicted octanol–water partition coefficient (Wildman–Crippen LogP) is -2.18. The summed E-state index contributed by atoms with van der Waals surface area (Å²) in [6, 6.07) is -4.64. The van der Waals surface area contributed by atoms with E-state index < -0.39 is 248 Å². The van der Waals surface area contributed by atoms with E-state index >= 15 is 0 Å². The van der Waals surface area contributed by atoms with Crippen LogP contribution in [0.2, 0.25) is 0 Å². The number of amides is 3. The van der Waals surface area contributed by atoms with Crippen molar-refractivity contribution in [3.63, 3.8) is 0 Å². The quantitative estimate of drug-likeness (QED) is 0.0227. The van der Waals surface area contributed by atoms with Gasteiger partial charge in [-0.15, -0.1) is 0 Å². The number of rotatable bonds is 49. The maximum absolute atomic E-state index is 13.5. The maximum atomic E-state index is 13.5. The fraction of sp³-hybridized carbons (Fsp3) is 0.932. The summed E-state index contributed by atoms with van der Waals surface area (Å²) >= 11 is 0. The van der Waals surface area contributed by atoms with Gasteiger partial charge in [-0.2, -0.15) is 0 Å². The van der Waals surface area contributed by atoms with Crippen molar-refractivity contribution in [1.82, 2.24) is 16.0 Å². The zero-order chi connectivity index (χ0) is 79.9. The molecule has 0 spiro atoms. The second-order valence-electron chi connectivity index (χ2n) is 29.9. The highest BCUT2D eigenvalue weighted by Gasteiger charge is 2.59. The molecule has 0 aromatic heterocycles. The van der Waals surface area contributed by atoms with Gasteiger partial charge in [0.25, 0.3) is 0 Å². The molecule has 0 aromatic carbocycles. The molecular formula is C74H133N3O32. The van der Waals surface area contributed by atoms with E-state index in [1.54, 1.807) is 6.08 Å². The molecule has 6 aliphatic rings. The summed E-state index contributed by atoms with van der Waals surface area (Å²) in [4.78, 5) is 39.3. The van der Waals surface area contributed by atoms with Gasteiger partial charge in [0, 0.05) is 20.3 Å². The third-order valence-electron chi connectivity index (χ3n) is 21.2.